The number of rotatable bonds is 0. The van der Waals surface area contributed by atoms with E-state index >= 15 is 0 Å². The van der Waals surface area contributed by atoms with Gasteiger partial charge in [0, 0.05) is 5.92 Å². The van der Waals surface area contributed by atoms with E-state index < -0.39 is 0 Å². The van der Waals surface area contributed by atoms with Gasteiger partial charge < -0.3 is 0 Å². The SMILES string of the molecule is C1=Cc2ccc3ccccc3c2[C@@H]2C(=C1)C=Cc1ccccc12. The topological polar surface area (TPSA) is 0 Å². The standard InChI is InChI=1S/C23H16/c1-3-10-20-16(6-1)12-14-18-8-5-9-19-15-13-17-7-2-4-11-21(17)23(19)22(18)20/h1-15,22H/t22-/m1/s1. The summed E-state index contributed by atoms with van der Waals surface area (Å²) in [6.45, 7) is 0. The molecule has 2 aliphatic rings. The molecular formula is C23H16. The summed E-state index contributed by atoms with van der Waals surface area (Å²) in [5, 5.41) is 2.67. The summed E-state index contributed by atoms with van der Waals surface area (Å²) < 4.78 is 0. The van der Waals surface area contributed by atoms with Crippen molar-refractivity contribution in [1.29, 1.82) is 0 Å². The Balaban J connectivity index is 1.90. The molecule has 1 atom stereocenters. The van der Waals surface area contributed by atoms with Crippen molar-refractivity contribution in [2.24, 2.45) is 0 Å². The quantitative estimate of drug-likeness (QED) is 0.480. The Morgan fingerprint density at radius 1 is 0.652 bits per heavy atom. The van der Waals surface area contributed by atoms with Crippen molar-refractivity contribution in [2.45, 2.75) is 5.92 Å². The van der Waals surface area contributed by atoms with E-state index in [0.29, 0.717) is 5.92 Å². The first-order valence-corrected chi connectivity index (χ1v) is 8.09. The fourth-order valence-electron chi connectivity index (χ4n) is 3.90. The largest absolute Gasteiger partial charge is 0.0619 e. The Labute approximate surface area is 136 Å². The molecule has 0 spiro atoms. The first kappa shape index (κ1) is 12.7. The molecule has 3 aromatic carbocycles. The number of benzene rings is 3. The van der Waals surface area contributed by atoms with Gasteiger partial charge in [-0.15, -0.1) is 0 Å². The third-order valence-corrected chi connectivity index (χ3v) is 4.95. The number of hydrogen-bond donors (Lipinski definition) is 0. The van der Waals surface area contributed by atoms with E-state index in [1.54, 1.807) is 0 Å². The van der Waals surface area contributed by atoms with Gasteiger partial charge in [-0.3, -0.25) is 0 Å². The third kappa shape index (κ3) is 1.85. The van der Waals surface area contributed by atoms with Gasteiger partial charge >= 0.3 is 0 Å². The molecule has 0 radical (unpaired) electrons. The van der Waals surface area contributed by atoms with E-state index in [0.717, 1.165) is 0 Å². The maximum atomic E-state index is 2.27. The molecule has 2 aliphatic carbocycles. The summed E-state index contributed by atoms with van der Waals surface area (Å²) in [5.74, 6) is 0.312. The average molecular weight is 292 g/mol. The molecule has 0 heteroatoms. The van der Waals surface area contributed by atoms with Crippen molar-refractivity contribution in [3.63, 3.8) is 0 Å². The lowest BCUT2D eigenvalue weighted by Gasteiger charge is -2.27. The summed E-state index contributed by atoms with van der Waals surface area (Å²) >= 11 is 0. The van der Waals surface area contributed by atoms with Gasteiger partial charge in [0.15, 0.2) is 0 Å². The molecule has 0 N–H and O–H groups in total. The molecule has 23 heavy (non-hydrogen) atoms. The number of fused-ring (bicyclic) bond motifs is 7. The lowest BCUT2D eigenvalue weighted by molar-refractivity contribution is 0.976. The molecule has 0 unspecified atom stereocenters. The van der Waals surface area contributed by atoms with E-state index in [4.69, 9.17) is 0 Å². The smallest absolute Gasteiger partial charge is 0.0358 e. The highest BCUT2D eigenvalue weighted by Crippen LogP contribution is 2.44. The predicted molar refractivity (Wildman–Crippen MR) is 98.4 cm³/mol. The van der Waals surface area contributed by atoms with Gasteiger partial charge in [-0.2, -0.15) is 0 Å². The highest BCUT2D eigenvalue weighted by molar-refractivity contribution is 5.91. The summed E-state index contributed by atoms with van der Waals surface area (Å²) in [5.41, 5.74) is 6.86. The lowest BCUT2D eigenvalue weighted by Crippen LogP contribution is -2.10. The second-order valence-electron chi connectivity index (χ2n) is 6.21. The summed E-state index contributed by atoms with van der Waals surface area (Å²) in [6, 6.07) is 22.0. The van der Waals surface area contributed by atoms with Crippen molar-refractivity contribution in [3.05, 3.63) is 107 Å². The van der Waals surface area contributed by atoms with Gasteiger partial charge in [0.05, 0.1) is 0 Å². The molecule has 0 heterocycles. The van der Waals surface area contributed by atoms with Crippen LogP contribution in [0.2, 0.25) is 0 Å². The van der Waals surface area contributed by atoms with E-state index in [1.807, 2.05) is 0 Å². The van der Waals surface area contributed by atoms with Crippen molar-refractivity contribution < 1.29 is 0 Å². The number of allylic oxidation sites excluding steroid dienone is 4. The van der Waals surface area contributed by atoms with E-state index in [1.165, 1.54) is 38.6 Å². The molecule has 5 rings (SSSR count). The van der Waals surface area contributed by atoms with Crippen LogP contribution in [-0.2, 0) is 0 Å². The fraction of sp³-hybridized carbons (Fsp3) is 0.0435. The van der Waals surface area contributed by atoms with Crippen molar-refractivity contribution in [3.8, 4) is 0 Å². The minimum absolute atomic E-state index is 0.312. The van der Waals surface area contributed by atoms with Crippen molar-refractivity contribution in [2.75, 3.05) is 0 Å². The van der Waals surface area contributed by atoms with Crippen LogP contribution in [0.25, 0.3) is 22.9 Å². The van der Waals surface area contributed by atoms with Gasteiger partial charge in [-0.1, -0.05) is 91.0 Å². The molecule has 0 aliphatic heterocycles. The minimum atomic E-state index is 0.312. The lowest BCUT2D eigenvalue weighted by atomic mass is 9.76. The minimum Gasteiger partial charge on any atom is -0.0619 e. The normalized spacial score (nSPS) is 17.9. The molecule has 108 valence electrons. The van der Waals surface area contributed by atoms with Crippen molar-refractivity contribution >= 4 is 22.9 Å². The van der Waals surface area contributed by atoms with Crippen LogP contribution in [0, 0.1) is 0 Å². The molecule has 0 fully saturated rings. The first-order valence-electron chi connectivity index (χ1n) is 8.09. The maximum absolute atomic E-state index is 2.27. The Kier molecular flexibility index (Phi) is 2.65. The Bertz CT molecular complexity index is 1020. The number of hydrogen-bond acceptors (Lipinski definition) is 0. The Morgan fingerprint density at radius 2 is 1.52 bits per heavy atom. The predicted octanol–water partition coefficient (Wildman–Crippen LogP) is 5.95. The van der Waals surface area contributed by atoms with Gasteiger partial charge in [0.1, 0.15) is 0 Å². The molecule has 0 bridgehead atoms. The molecular weight excluding hydrogens is 276 g/mol. The zero-order valence-corrected chi connectivity index (χ0v) is 12.7. The van der Waals surface area contributed by atoms with Crippen LogP contribution in [0.15, 0.2) is 84.5 Å². The first-order chi connectivity index (χ1) is 11.4. The van der Waals surface area contributed by atoms with Crippen LogP contribution in [0.4, 0.5) is 0 Å². The fourth-order valence-corrected chi connectivity index (χ4v) is 3.90. The maximum Gasteiger partial charge on any atom is 0.0358 e. The summed E-state index contributed by atoms with van der Waals surface area (Å²) in [4.78, 5) is 0. The van der Waals surface area contributed by atoms with E-state index in [-0.39, 0.29) is 0 Å². The summed E-state index contributed by atoms with van der Waals surface area (Å²) in [7, 11) is 0. The van der Waals surface area contributed by atoms with Crippen LogP contribution in [0.3, 0.4) is 0 Å². The Morgan fingerprint density at radius 3 is 2.52 bits per heavy atom. The third-order valence-electron chi connectivity index (χ3n) is 4.95. The van der Waals surface area contributed by atoms with Gasteiger partial charge in [0.2, 0.25) is 0 Å². The van der Waals surface area contributed by atoms with Gasteiger partial charge in [-0.25, -0.2) is 0 Å². The Hall–Kier alpha value is -2.86. The monoisotopic (exact) mass is 292 g/mol. The molecule has 0 saturated heterocycles. The van der Waals surface area contributed by atoms with E-state index in [2.05, 4.69) is 91.0 Å². The average Bonchev–Trinajstić information content (AvgIpc) is 2.81. The van der Waals surface area contributed by atoms with E-state index in [9.17, 15) is 0 Å². The van der Waals surface area contributed by atoms with Crippen LogP contribution < -0.4 is 0 Å². The van der Waals surface area contributed by atoms with Crippen molar-refractivity contribution in [1.82, 2.24) is 0 Å². The highest BCUT2D eigenvalue weighted by Gasteiger charge is 2.26. The molecule has 0 aromatic heterocycles. The zero-order valence-electron chi connectivity index (χ0n) is 12.7. The second kappa shape index (κ2) is 4.82. The van der Waals surface area contributed by atoms with Crippen LogP contribution in [-0.4, -0.2) is 0 Å². The van der Waals surface area contributed by atoms with Crippen LogP contribution in [0.5, 0.6) is 0 Å². The van der Waals surface area contributed by atoms with Crippen LogP contribution >= 0.6 is 0 Å². The second-order valence-corrected chi connectivity index (χ2v) is 6.21. The molecule has 0 nitrogen and oxygen atoms in total. The molecule has 0 saturated carbocycles. The highest BCUT2D eigenvalue weighted by atomic mass is 14.3. The van der Waals surface area contributed by atoms with Gasteiger partial charge in [-0.05, 0) is 38.6 Å². The van der Waals surface area contributed by atoms with Crippen LogP contribution in [0.1, 0.15) is 28.2 Å². The molecule has 0 amide bonds. The molecule has 3 aromatic rings. The van der Waals surface area contributed by atoms with Gasteiger partial charge in [0.25, 0.3) is 0 Å². The summed E-state index contributed by atoms with van der Waals surface area (Å²) in [6.07, 6.45) is 11.2. The zero-order chi connectivity index (χ0) is 15.2.